The van der Waals surface area contributed by atoms with E-state index < -0.39 is 0 Å². The Labute approximate surface area is 197 Å². The van der Waals surface area contributed by atoms with Crippen LogP contribution in [0.5, 0.6) is 0 Å². The third-order valence-corrected chi connectivity index (χ3v) is 9.07. The van der Waals surface area contributed by atoms with Gasteiger partial charge in [-0.2, -0.15) is 0 Å². The summed E-state index contributed by atoms with van der Waals surface area (Å²) >= 11 is 1.27. The number of amides is 3. The van der Waals surface area contributed by atoms with Crippen molar-refractivity contribution in [3.8, 4) is 0 Å². The molecule has 4 aliphatic carbocycles. The number of piperazine rings is 1. The highest BCUT2D eigenvalue weighted by molar-refractivity contribution is 8.13. The fraction of sp³-hybridized carbons (Fsp3) is 0.875. The highest BCUT2D eigenvalue weighted by Gasteiger charge is 2.50. The molecule has 3 amide bonds. The largest absolute Gasteiger partial charge is 0.339 e. The number of nitrogens with one attached hydrogen (secondary N) is 1. The Morgan fingerprint density at radius 2 is 1.56 bits per heavy atom. The minimum Gasteiger partial charge on any atom is -0.339 e. The van der Waals surface area contributed by atoms with Gasteiger partial charge in [-0.15, -0.1) is 0 Å². The standard InChI is InChI=1S/C24H40N4O3S/c1-18(29)32-10-9-28(23(31)25-17-22(30)27-7-5-26(2)6-8-27)4-3-24-14-19-11-20(15-24)13-21(12-19)16-24/h19-21H,3-17H2,1-2H3,(H,25,31). The average Bonchev–Trinajstić information content (AvgIpc) is 2.73. The predicted octanol–water partition coefficient (Wildman–Crippen LogP) is 2.66. The van der Waals surface area contributed by atoms with Crippen LogP contribution in [0, 0.1) is 23.2 Å². The van der Waals surface area contributed by atoms with E-state index in [-0.39, 0.29) is 23.6 Å². The molecule has 0 spiro atoms. The van der Waals surface area contributed by atoms with E-state index in [2.05, 4.69) is 17.3 Å². The second-order valence-corrected chi connectivity index (χ2v) is 12.1. The normalized spacial score (nSPS) is 31.6. The van der Waals surface area contributed by atoms with E-state index in [4.69, 9.17) is 0 Å². The molecule has 1 aliphatic heterocycles. The molecular formula is C24H40N4O3S. The van der Waals surface area contributed by atoms with Crippen molar-refractivity contribution in [3.63, 3.8) is 0 Å². The first-order valence-electron chi connectivity index (χ1n) is 12.4. The minimum atomic E-state index is -0.165. The van der Waals surface area contributed by atoms with Crippen LogP contribution in [-0.2, 0) is 9.59 Å². The van der Waals surface area contributed by atoms with Crippen LogP contribution in [0.25, 0.3) is 0 Å². The summed E-state index contributed by atoms with van der Waals surface area (Å²) in [6.07, 6.45) is 9.32. The summed E-state index contributed by atoms with van der Waals surface area (Å²) in [4.78, 5) is 42.9. The fourth-order valence-corrected chi connectivity index (χ4v) is 7.61. The summed E-state index contributed by atoms with van der Waals surface area (Å²) in [5, 5.41) is 2.96. The topological polar surface area (TPSA) is 73.0 Å². The number of urea groups is 1. The lowest BCUT2D eigenvalue weighted by molar-refractivity contribution is -0.131. The molecule has 4 bridgehead atoms. The molecule has 8 heteroatoms. The molecule has 180 valence electrons. The molecule has 1 heterocycles. The summed E-state index contributed by atoms with van der Waals surface area (Å²) in [6, 6.07) is -0.165. The summed E-state index contributed by atoms with van der Waals surface area (Å²) in [5.41, 5.74) is 0.413. The van der Waals surface area contributed by atoms with Gasteiger partial charge in [0.2, 0.25) is 5.91 Å². The van der Waals surface area contributed by atoms with Gasteiger partial charge < -0.3 is 20.0 Å². The first-order valence-corrected chi connectivity index (χ1v) is 13.4. The SMILES string of the molecule is CC(=O)SCCN(CCC12CC3CC(CC(C3)C1)C2)C(=O)NCC(=O)N1CCN(C)CC1. The van der Waals surface area contributed by atoms with Crippen LogP contribution in [-0.4, -0.2) is 90.4 Å². The van der Waals surface area contributed by atoms with E-state index in [1.165, 1.54) is 50.3 Å². The van der Waals surface area contributed by atoms with Crippen molar-refractivity contribution in [2.24, 2.45) is 23.2 Å². The molecule has 32 heavy (non-hydrogen) atoms. The molecule has 0 aromatic rings. The number of nitrogens with zero attached hydrogens (tertiary/aromatic N) is 3. The highest BCUT2D eigenvalue weighted by atomic mass is 32.2. The Bertz CT molecular complexity index is 672. The minimum absolute atomic E-state index is 0.00871. The van der Waals surface area contributed by atoms with E-state index in [1.807, 2.05) is 9.80 Å². The quantitative estimate of drug-likeness (QED) is 0.598. The molecule has 0 aromatic heterocycles. The Kier molecular flexibility index (Phi) is 7.70. The zero-order chi connectivity index (χ0) is 22.7. The van der Waals surface area contributed by atoms with Crippen molar-refractivity contribution in [2.45, 2.75) is 51.9 Å². The number of rotatable bonds is 8. The molecular weight excluding hydrogens is 424 g/mol. The van der Waals surface area contributed by atoms with Crippen LogP contribution in [0.15, 0.2) is 0 Å². The number of hydrogen-bond donors (Lipinski definition) is 1. The van der Waals surface area contributed by atoms with Gasteiger partial charge >= 0.3 is 6.03 Å². The van der Waals surface area contributed by atoms with Gasteiger partial charge in [0.05, 0.1) is 6.54 Å². The Morgan fingerprint density at radius 3 is 2.12 bits per heavy atom. The maximum absolute atomic E-state index is 13.0. The lowest BCUT2D eigenvalue weighted by Gasteiger charge is -2.57. The van der Waals surface area contributed by atoms with Crippen LogP contribution in [0.1, 0.15) is 51.9 Å². The molecule has 4 saturated carbocycles. The van der Waals surface area contributed by atoms with Crippen molar-refractivity contribution in [1.29, 1.82) is 0 Å². The van der Waals surface area contributed by atoms with Gasteiger partial charge in [-0.05, 0) is 75.2 Å². The highest BCUT2D eigenvalue weighted by Crippen LogP contribution is 2.61. The van der Waals surface area contributed by atoms with E-state index in [0.29, 0.717) is 17.7 Å². The fourth-order valence-electron chi connectivity index (χ4n) is 7.01. The molecule has 1 saturated heterocycles. The molecule has 0 atom stereocenters. The Balaban J connectivity index is 1.30. The molecule has 1 N–H and O–H groups in total. The van der Waals surface area contributed by atoms with Gasteiger partial charge in [0.15, 0.2) is 5.12 Å². The number of thioether (sulfide) groups is 1. The third-order valence-electron chi connectivity index (χ3n) is 8.28. The van der Waals surface area contributed by atoms with Crippen LogP contribution in [0.4, 0.5) is 4.79 Å². The summed E-state index contributed by atoms with van der Waals surface area (Å²) in [5.74, 6) is 3.30. The number of carbonyl (C=O) groups is 3. The molecule has 0 unspecified atom stereocenters. The van der Waals surface area contributed by atoms with Crippen LogP contribution < -0.4 is 5.32 Å². The predicted molar refractivity (Wildman–Crippen MR) is 127 cm³/mol. The van der Waals surface area contributed by atoms with Crippen LogP contribution >= 0.6 is 11.8 Å². The van der Waals surface area contributed by atoms with Crippen molar-refractivity contribution < 1.29 is 14.4 Å². The van der Waals surface area contributed by atoms with Gasteiger partial charge in [0.25, 0.3) is 0 Å². The van der Waals surface area contributed by atoms with Crippen molar-refractivity contribution >= 4 is 28.8 Å². The van der Waals surface area contributed by atoms with Gasteiger partial charge in [-0.25, -0.2) is 4.79 Å². The third kappa shape index (κ3) is 5.99. The molecule has 0 aromatic carbocycles. The van der Waals surface area contributed by atoms with Gasteiger partial charge in [-0.3, -0.25) is 9.59 Å². The number of likely N-dealkylation sites (N-methyl/N-ethyl adjacent to an activating group) is 1. The average molecular weight is 465 g/mol. The zero-order valence-electron chi connectivity index (χ0n) is 19.8. The molecule has 5 fully saturated rings. The van der Waals surface area contributed by atoms with E-state index in [1.54, 1.807) is 6.92 Å². The lowest BCUT2D eigenvalue weighted by Crippen LogP contribution is -2.52. The Morgan fingerprint density at radius 1 is 0.969 bits per heavy atom. The first kappa shape index (κ1) is 23.9. The first-order chi connectivity index (χ1) is 15.3. The number of carbonyl (C=O) groups excluding carboxylic acids is 3. The lowest BCUT2D eigenvalue weighted by atomic mass is 9.49. The van der Waals surface area contributed by atoms with Crippen LogP contribution in [0.2, 0.25) is 0 Å². The van der Waals surface area contributed by atoms with E-state index in [0.717, 1.165) is 56.9 Å². The van der Waals surface area contributed by atoms with Gasteiger partial charge in [0.1, 0.15) is 0 Å². The van der Waals surface area contributed by atoms with Crippen molar-refractivity contribution in [3.05, 3.63) is 0 Å². The van der Waals surface area contributed by atoms with Crippen molar-refractivity contribution in [2.75, 3.05) is 58.6 Å². The van der Waals surface area contributed by atoms with E-state index in [9.17, 15) is 14.4 Å². The second-order valence-electron chi connectivity index (χ2n) is 10.8. The molecule has 5 rings (SSSR count). The Hall–Kier alpha value is -1.28. The second kappa shape index (κ2) is 10.3. The maximum atomic E-state index is 13.0. The van der Waals surface area contributed by atoms with Crippen molar-refractivity contribution in [1.82, 2.24) is 20.0 Å². The summed E-state index contributed by atoms with van der Waals surface area (Å²) < 4.78 is 0. The van der Waals surface area contributed by atoms with E-state index >= 15 is 0 Å². The van der Waals surface area contributed by atoms with Gasteiger partial charge in [-0.1, -0.05) is 11.8 Å². The van der Waals surface area contributed by atoms with Crippen LogP contribution in [0.3, 0.4) is 0 Å². The molecule has 7 nitrogen and oxygen atoms in total. The number of hydrogen-bond acceptors (Lipinski definition) is 5. The summed E-state index contributed by atoms with van der Waals surface area (Å²) in [6.45, 7) is 6.07. The monoisotopic (exact) mass is 464 g/mol. The van der Waals surface area contributed by atoms with Gasteiger partial charge in [0, 0.05) is 51.9 Å². The molecule has 0 radical (unpaired) electrons. The molecule has 5 aliphatic rings. The maximum Gasteiger partial charge on any atom is 0.317 e. The zero-order valence-corrected chi connectivity index (χ0v) is 20.6. The summed E-state index contributed by atoms with van der Waals surface area (Å²) in [7, 11) is 2.06. The smallest absolute Gasteiger partial charge is 0.317 e.